The molecule has 2 aromatic rings. The van der Waals surface area contributed by atoms with Crippen molar-refractivity contribution in [3.63, 3.8) is 0 Å². The Balaban J connectivity index is 1.89. The molecule has 1 atom stereocenters. The number of nitrogens with one attached hydrogen (secondary N) is 1. The van der Waals surface area contributed by atoms with Crippen LogP contribution in [0.25, 0.3) is 0 Å². The van der Waals surface area contributed by atoms with Crippen LogP contribution in [0.5, 0.6) is 11.5 Å². The smallest absolute Gasteiger partial charge is 0.251 e. The topological polar surface area (TPSA) is 47.6 Å². The number of aryl methyl sites for hydroxylation is 2. The van der Waals surface area contributed by atoms with Crippen molar-refractivity contribution in [1.29, 1.82) is 0 Å². The Hall–Kier alpha value is -2.49. The van der Waals surface area contributed by atoms with Crippen LogP contribution in [0, 0.1) is 13.8 Å². The summed E-state index contributed by atoms with van der Waals surface area (Å²) in [5.74, 6) is 1.46. The third kappa shape index (κ3) is 4.74. The molecule has 1 amide bonds. The molecular formula is C19H23NO3. The van der Waals surface area contributed by atoms with Crippen LogP contribution in [-0.2, 0) is 0 Å². The standard InChI is InChI=1S/C19H23NO3/c1-13-5-8-17(9-6-13)23-12-15(3)20-19(21)16-7-10-18(22-4)14(2)11-16/h5-11,15H,12H2,1-4H3,(H,20,21)/t15-/m0/s1. The van der Waals surface area contributed by atoms with Gasteiger partial charge in [0.25, 0.3) is 5.91 Å². The van der Waals surface area contributed by atoms with Gasteiger partial charge in [-0.05, 0) is 56.7 Å². The number of carbonyl (C=O) groups is 1. The zero-order chi connectivity index (χ0) is 16.8. The molecule has 0 bridgehead atoms. The molecule has 4 heteroatoms. The van der Waals surface area contributed by atoms with E-state index in [1.54, 1.807) is 19.2 Å². The van der Waals surface area contributed by atoms with Gasteiger partial charge in [0.05, 0.1) is 13.2 Å². The Kier molecular flexibility index (Phi) is 5.63. The van der Waals surface area contributed by atoms with E-state index >= 15 is 0 Å². The summed E-state index contributed by atoms with van der Waals surface area (Å²) in [7, 11) is 1.62. The normalized spacial score (nSPS) is 11.7. The lowest BCUT2D eigenvalue weighted by atomic mass is 10.1. The molecule has 2 rings (SSSR count). The number of rotatable bonds is 6. The molecule has 0 heterocycles. The van der Waals surface area contributed by atoms with Crippen LogP contribution in [0.2, 0.25) is 0 Å². The Labute approximate surface area is 137 Å². The molecule has 0 saturated carbocycles. The monoisotopic (exact) mass is 313 g/mol. The molecule has 1 N–H and O–H groups in total. The highest BCUT2D eigenvalue weighted by Crippen LogP contribution is 2.18. The van der Waals surface area contributed by atoms with Gasteiger partial charge in [-0.1, -0.05) is 17.7 Å². The number of hydrogen-bond acceptors (Lipinski definition) is 3. The first-order valence-corrected chi connectivity index (χ1v) is 7.64. The molecule has 0 aromatic heterocycles. The molecule has 0 aliphatic heterocycles. The number of ether oxygens (including phenoxy) is 2. The summed E-state index contributed by atoms with van der Waals surface area (Å²) in [6.07, 6.45) is 0. The summed E-state index contributed by atoms with van der Waals surface area (Å²) in [5.41, 5.74) is 2.74. The average Bonchev–Trinajstić information content (AvgIpc) is 2.54. The number of methoxy groups -OCH3 is 1. The third-order valence-corrected chi connectivity index (χ3v) is 3.56. The average molecular weight is 313 g/mol. The lowest BCUT2D eigenvalue weighted by molar-refractivity contribution is 0.0926. The van der Waals surface area contributed by atoms with Gasteiger partial charge in [0.1, 0.15) is 18.1 Å². The quantitative estimate of drug-likeness (QED) is 0.888. The Morgan fingerprint density at radius 3 is 2.43 bits per heavy atom. The van der Waals surface area contributed by atoms with Gasteiger partial charge in [0.15, 0.2) is 0 Å². The second kappa shape index (κ2) is 7.68. The minimum absolute atomic E-state index is 0.0915. The number of hydrogen-bond donors (Lipinski definition) is 1. The van der Waals surface area contributed by atoms with Crippen molar-refractivity contribution < 1.29 is 14.3 Å². The van der Waals surface area contributed by atoms with Crippen LogP contribution in [0.3, 0.4) is 0 Å². The maximum absolute atomic E-state index is 12.3. The molecule has 2 aromatic carbocycles. The molecule has 0 saturated heterocycles. The van der Waals surface area contributed by atoms with Crippen molar-refractivity contribution in [3.8, 4) is 11.5 Å². The summed E-state index contributed by atoms with van der Waals surface area (Å²) in [6.45, 7) is 6.29. The summed E-state index contributed by atoms with van der Waals surface area (Å²) in [4.78, 5) is 12.3. The Morgan fingerprint density at radius 2 is 1.83 bits per heavy atom. The zero-order valence-electron chi connectivity index (χ0n) is 14.1. The maximum atomic E-state index is 12.3. The summed E-state index contributed by atoms with van der Waals surface area (Å²) in [6, 6.07) is 13.1. The van der Waals surface area contributed by atoms with E-state index in [2.05, 4.69) is 5.32 Å². The largest absolute Gasteiger partial charge is 0.496 e. The van der Waals surface area contributed by atoms with Crippen LogP contribution in [0.4, 0.5) is 0 Å². The number of carbonyl (C=O) groups excluding carboxylic acids is 1. The molecule has 122 valence electrons. The maximum Gasteiger partial charge on any atom is 0.251 e. The van der Waals surface area contributed by atoms with Crippen molar-refractivity contribution in [2.45, 2.75) is 26.8 Å². The van der Waals surface area contributed by atoms with Gasteiger partial charge in [0.2, 0.25) is 0 Å². The molecular weight excluding hydrogens is 290 g/mol. The van der Waals surface area contributed by atoms with Gasteiger partial charge in [-0.25, -0.2) is 0 Å². The molecule has 0 fully saturated rings. The van der Waals surface area contributed by atoms with Gasteiger partial charge in [-0.15, -0.1) is 0 Å². The highest BCUT2D eigenvalue weighted by molar-refractivity contribution is 5.94. The van der Waals surface area contributed by atoms with Crippen LogP contribution < -0.4 is 14.8 Å². The molecule has 0 radical (unpaired) electrons. The minimum atomic E-state index is -0.115. The third-order valence-electron chi connectivity index (χ3n) is 3.56. The molecule has 4 nitrogen and oxygen atoms in total. The van der Waals surface area contributed by atoms with Crippen LogP contribution in [0.15, 0.2) is 42.5 Å². The van der Waals surface area contributed by atoms with E-state index in [1.165, 1.54) is 5.56 Å². The van der Waals surface area contributed by atoms with E-state index < -0.39 is 0 Å². The lowest BCUT2D eigenvalue weighted by Gasteiger charge is -2.16. The summed E-state index contributed by atoms with van der Waals surface area (Å²) >= 11 is 0. The fraction of sp³-hybridized carbons (Fsp3) is 0.316. The van der Waals surface area contributed by atoms with Gasteiger partial charge in [-0.3, -0.25) is 4.79 Å². The van der Waals surface area contributed by atoms with E-state index in [9.17, 15) is 4.79 Å². The Bertz CT molecular complexity index is 665. The van der Waals surface area contributed by atoms with E-state index in [1.807, 2.05) is 51.1 Å². The fourth-order valence-electron chi connectivity index (χ4n) is 2.22. The summed E-state index contributed by atoms with van der Waals surface area (Å²) in [5, 5.41) is 2.94. The summed E-state index contributed by atoms with van der Waals surface area (Å²) < 4.78 is 10.9. The van der Waals surface area contributed by atoms with Crippen LogP contribution >= 0.6 is 0 Å². The van der Waals surface area contributed by atoms with E-state index in [4.69, 9.17) is 9.47 Å². The fourth-order valence-corrected chi connectivity index (χ4v) is 2.22. The van der Waals surface area contributed by atoms with Crippen LogP contribution in [-0.4, -0.2) is 25.7 Å². The highest BCUT2D eigenvalue weighted by Gasteiger charge is 2.12. The Morgan fingerprint density at radius 1 is 1.13 bits per heavy atom. The van der Waals surface area contributed by atoms with Gasteiger partial charge < -0.3 is 14.8 Å². The SMILES string of the molecule is COc1ccc(C(=O)N[C@@H](C)COc2ccc(C)cc2)cc1C. The van der Waals surface area contributed by atoms with Crippen molar-refractivity contribution in [2.24, 2.45) is 0 Å². The lowest BCUT2D eigenvalue weighted by Crippen LogP contribution is -2.36. The first-order valence-electron chi connectivity index (χ1n) is 7.64. The molecule has 23 heavy (non-hydrogen) atoms. The highest BCUT2D eigenvalue weighted by atomic mass is 16.5. The number of amides is 1. The van der Waals surface area contributed by atoms with Crippen molar-refractivity contribution in [3.05, 3.63) is 59.2 Å². The minimum Gasteiger partial charge on any atom is -0.496 e. The second-order valence-corrected chi connectivity index (χ2v) is 5.68. The van der Waals surface area contributed by atoms with Gasteiger partial charge in [0, 0.05) is 5.56 Å². The molecule has 0 aliphatic carbocycles. The molecule has 0 unspecified atom stereocenters. The molecule has 0 aliphatic rings. The number of benzene rings is 2. The van der Waals surface area contributed by atoms with E-state index in [-0.39, 0.29) is 11.9 Å². The first-order chi connectivity index (χ1) is 11.0. The predicted octanol–water partition coefficient (Wildman–Crippen LogP) is 3.51. The van der Waals surface area contributed by atoms with Gasteiger partial charge in [-0.2, -0.15) is 0 Å². The van der Waals surface area contributed by atoms with Crippen molar-refractivity contribution in [2.75, 3.05) is 13.7 Å². The van der Waals surface area contributed by atoms with Crippen LogP contribution in [0.1, 0.15) is 28.4 Å². The molecule has 0 spiro atoms. The second-order valence-electron chi connectivity index (χ2n) is 5.68. The van der Waals surface area contributed by atoms with Gasteiger partial charge >= 0.3 is 0 Å². The predicted molar refractivity (Wildman–Crippen MR) is 91.3 cm³/mol. The zero-order valence-corrected chi connectivity index (χ0v) is 14.1. The van der Waals surface area contributed by atoms with E-state index in [0.717, 1.165) is 17.1 Å². The van der Waals surface area contributed by atoms with Crippen molar-refractivity contribution >= 4 is 5.91 Å². The van der Waals surface area contributed by atoms with E-state index in [0.29, 0.717) is 12.2 Å². The first kappa shape index (κ1) is 16.9. The van der Waals surface area contributed by atoms with Crippen molar-refractivity contribution in [1.82, 2.24) is 5.32 Å².